The van der Waals surface area contributed by atoms with Gasteiger partial charge >= 0.3 is 6.09 Å². The third-order valence-corrected chi connectivity index (χ3v) is 6.38. The van der Waals surface area contributed by atoms with Crippen molar-refractivity contribution in [2.45, 2.75) is 71.3 Å². The first-order chi connectivity index (χ1) is 17.5. The molecule has 0 N–H and O–H groups in total. The van der Waals surface area contributed by atoms with Crippen LogP contribution in [0.1, 0.15) is 64.6 Å². The van der Waals surface area contributed by atoms with Crippen LogP contribution in [0.15, 0.2) is 40.4 Å². The second-order valence-electron chi connectivity index (χ2n) is 9.93. The number of nitrogens with zero attached hydrogens (tertiary/aromatic N) is 1. The molecule has 1 aromatic rings. The number of carbonyl (C=O) groups is 2. The van der Waals surface area contributed by atoms with Crippen molar-refractivity contribution in [2.24, 2.45) is 0 Å². The summed E-state index contributed by atoms with van der Waals surface area (Å²) in [4.78, 5) is 40.4. The number of methoxy groups -OCH3 is 3. The minimum Gasteiger partial charge on any atom is -0.498 e. The first-order valence-corrected chi connectivity index (χ1v) is 12.4. The highest BCUT2D eigenvalue weighted by molar-refractivity contribution is 5.92. The highest BCUT2D eigenvalue weighted by atomic mass is 16.6. The molecule has 0 aliphatic heterocycles. The van der Waals surface area contributed by atoms with Gasteiger partial charge in [0.2, 0.25) is 11.3 Å². The normalized spacial score (nSPS) is 21.2. The lowest BCUT2D eigenvalue weighted by atomic mass is 9.85. The molecule has 2 aliphatic rings. The molecule has 9 nitrogen and oxygen atoms in total. The third kappa shape index (κ3) is 5.88. The van der Waals surface area contributed by atoms with Gasteiger partial charge in [-0.25, -0.2) is 9.69 Å². The van der Waals surface area contributed by atoms with E-state index in [1.54, 1.807) is 47.1 Å². The Bertz CT molecular complexity index is 1160. The summed E-state index contributed by atoms with van der Waals surface area (Å²) in [6.07, 6.45) is 0.925. The molecule has 1 aromatic carbocycles. The predicted octanol–water partition coefficient (Wildman–Crippen LogP) is 4.39. The molecule has 0 saturated heterocycles. The van der Waals surface area contributed by atoms with E-state index in [0.29, 0.717) is 36.3 Å². The lowest BCUT2D eigenvalue weighted by molar-refractivity contribution is -0.130. The smallest absolute Gasteiger partial charge is 0.417 e. The number of carbonyl (C=O) groups excluding carboxylic acids is 2. The highest BCUT2D eigenvalue weighted by Crippen LogP contribution is 2.45. The van der Waals surface area contributed by atoms with Gasteiger partial charge in [0.25, 0.3) is 0 Å². The number of rotatable bonds is 6. The molecular weight excluding hydrogens is 478 g/mol. The lowest BCUT2D eigenvalue weighted by Crippen LogP contribution is -2.42. The first kappa shape index (κ1) is 28.4. The zero-order chi connectivity index (χ0) is 27.5. The molecule has 0 aromatic heterocycles. The van der Waals surface area contributed by atoms with Crippen LogP contribution in [0.25, 0.3) is 5.57 Å². The summed E-state index contributed by atoms with van der Waals surface area (Å²) in [6, 6.07) is 4.05. The van der Waals surface area contributed by atoms with E-state index >= 15 is 0 Å². The average Bonchev–Trinajstić information content (AvgIpc) is 3.06. The first-order valence-electron chi connectivity index (χ1n) is 12.4. The number of ether oxygens (including phenoxy) is 5. The van der Waals surface area contributed by atoms with E-state index in [0.717, 1.165) is 16.0 Å². The number of fused-ring (bicyclic) bond motifs is 2. The number of hydrogen-bond acceptors (Lipinski definition) is 8. The molecule has 202 valence electrons. The maximum absolute atomic E-state index is 13.3. The van der Waals surface area contributed by atoms with Crippen LogP contribution in [0.5, 0.6) is 5.75 Å². The molecular formula is C28H37NO8. The summed E-state index contributed by atoms with van der Waals surface area (Å²) in [5.41, 5.74) is 1.72. The maximum atomic E-state index is 13.3. The largest absolute Gasteiger partial charge is 0.498 e. The summed E-state index contributed by atoms with van der Waals surface area (Å²) < 4.78 is 28.5. The molecule has 0 fully saturated rings. The van der Waals surface area contributed by atoms with Gasteiger partial charge in [0, 0.05) is 20.6 Å². The summed E-state index contributed by atoms with van der Waals surface area (Å²) in [6.45, 7) is 8.82. The minimum absolute atomic E-state index is 0.140. The van der Waals surface area contributed by atoms with Gasteiger partial charge in [-0.05, 0) is 81.0 Å². The molecule has 3 atom stereocenters. The van der Waals surface area contributed by atoms with E-state index in [2.05, 4.69) is 0 Å². The Kier molecular flexibility index (Phi) is 8.81. The Morgan fingerprint density at radius 1 is 1.08 bits per heavy atom. The predicted molar refractivity (Wildman–Crippen MR) is 138 cm³/mol. The van der Waals surface area contributed by atoms with E-state index < -0.39 is 35.9 Å². The van der Waals surface area contributed by atoms with Crippen LogP contribution in [-0.4, -0.2) is 62.6 Å². The fourth-order valence-corrected chi connectivity index (χ4v) is 4.93. The quantitative estimate of drug-likeness (QED) is 0.550. The van der Waals surface area contributed by atoms with Gasteiger partial charge in [-0.3, -0.25) is 9.59 Å². The van der Waals surface area contributed by atoms with Crippen molar-refractivity contribution in [1.82, 2.24) is 4.90 Å². The fraction of sp³-hybridized carbons (Fsp3) is 0.536. The highest BCUT2D eigenvalue weighted by Gasteiger charge is 2.41. The van der Waals surface area contributed by atoms with Gasteiger partial charge in [0.05, 0.1) is 20.3 Å². The van der Waals surface area contributed by atoms with Crippen LogP contribution in [-0.2, 0) is 23.7 Å². The van der Waals surface area contributed by atoms with Crippen molar-refractivity contribution in [3.63, 3.8) is 0 Å². The van der Waals surface area contributed by atoms with Gasteiger partial charge < -0.3 is 23.7 Å². The Balaban J connectivity index is 2.33. The molecule has 2 amide bonds. The maximum Gasteiger partial charge on any atom is 0.417 e. The van der Waals surface area contributed by atoms with Crippen molar-refractivity contribution in [3.05, 3.63) is 57.0 Å². The standard InChI is InChI=1S/C28H37NO8/c1-9-36-26-24-17(14-23(34-7)25(26)35-8)10-12-20(29(16(2)30)27(32)37-28(3,4)5)19-15-21(31)22(33-6)13-11-18(19)24/h11,13-15,20,25-26H,9-10,12H2,1-8H3. The fourth-order valence-electron chi connectivity index (χ4n) is 4.93. The van der Waals surface area contributed by atoms with Crippen molar-refractivity contribution >= 4 is 17.6 Å². The van der Waals surface area contributed by atoms with E-state index in [4.69, 9.17) is 23.7 Å². The van der Waals surface area contributed by atoms with Crippen LogP contribution < -0.4 is 10.2 Å². The van der Waals surface area contributed by atoms with Gasteiger partial charge in [-0.2, -0.15) is 0 Å². The van der Waals surface area contributed by atoms with E-state index in [9.17, 15) is 14.4 Å². The Morgan fingerprint density at radius 3 is 2.32 bits per heavy atom. The third-order valence-electron chi connectivity index (χ3n) is 6.38. The van der Waals surface area contributed by atoms with Crippen molar-refractivity contribution in [3.8, 4) is 5.75 Å². The summed E-state index contributed by atoms with van der Waals surface area (Å²) in [5, 5.41) is 0. The number of amides is 2. The average molecular weight is 516 g/mol. The van der Waals surface area contributed by atoms with E-state index in [1.807, 2.05) is 13.0 Å². The molecule has 0 radical (unpaired) electrons. The zero-order valence-electron chi connectivity index (χ0n) is 22.9. The molecule has 0 saturated carbocycles. The van der Waals surface area contributed by atoms with Crippen LogP contribution in [0.3, 0.4) is 0 Å². The molecule has 37 heavy (non-hydrogen) atoms. The topological polar surface area (TPSA) is 101 Å². The van der Waals surface area contributed by atoms with Crippen LogP contribution in [0, 0.1) is 0 Å². The Labute approximate surface area is 218 Å². The molecule has 0 bridgehead atoms. The summed E-state index contributed by atoms with van der Waals surface area (Å²) in [7, 11) is 4.58. The molecule has 3 rings (SSSR count). The molecule has 0 spiro atoms. The number of hydrogen-bond donors (Lipinski definition) is 0. The van der Waals surface area contributed by atoms with Crippen LogP contribution in [0.2, 0.25) is 0 Å². The molecule has 9 heteroatoms. The lowest BCUT2D eigenvalue weighted by Gasteiger charge is -2.34. The van der Waals surface area contributed by atoms with E-state index in [1.165, 1.54) is 20.1 Å². The number of allylic oxidation sites excluding steroid dienone is 2. The van der Waals surface area contributed by atoms with Gasteiger partial charge in [-0.1, -0.05) is 6.07 Å². The van der Waals surface area contributed by atoms with Gasteiger partial charge in [0.1, 0.15) is 23.6 Å². The Morgan fingerprint density at radius 2 is 1.78 bits per heavy atom. The van der Waals surface area contributed by atoms with E-state index in [-0.39, 0.29) is 11.2 Å². The minimum atomic E-state index is -0.814. The van der Waals surface area contributed by atoms with Crippen molar-refractivity contribution in [1.29, 1.82) is 0 Å². The second-order valence-corrected chi connectivity index (χ2v) is 9.93. The monoisotopic (exact) mass is 515 g/mol. The zero-order valence-corrected chi connectivity index (χ0v) is 22.9. The Hall–Kier alpha value is -3.17. The SMILES string of the molecule is CCOC1C2=C(C=C(OC)C1OC)CCC(N(C(C)=O)C(=O)OC(C)(C)C)c1cc(=O)c(OC)ccc12. The molecule has 2 aliphatic carbocycles. The van der Waals surface area contributed by atoms with Crippen molar-refractivity contribution < 1.29 is 33.3 Å². The molecule has 3 unspecified atom stereocenters. The van der Waals surface area contributed by atoms with Gasteiger partial charge in [0.15, 0.2) is 5.75 Å². The summed E-state index contributed by atoms with van der Waals surface area (Å²) >= 11 is 0. The summed E-state index contributed by atoms with van der Waals surface area (Å²) in [5.74, 6) is 0.263. The van der Waals surface area contributed by atoms with Crippen LogP contribution >= 0.6 is 0 Å². The van der Waals surface area contributed by atoms with Crippen LogP contribution in [0.4, 0.5) is 4.79 Å². The molecule has 0 heterocycles. The number of imide groups is 1. The second kappa shape index (κ2) is 11.5. The van der Waals surface area contributed by atoms with Crippen molar-refractivity contribution in [2.75, 3.05) is 27.9 Å². The van der Waals surface area contributed by atoms with Gasteiger partial charge in [-0.15, -0.1) is 0 Å².